The summed E-state index contributed by atoms with van der Waals surface area (Å²) >= 11 is 1.42. The van der Waals surface area contributed by atoms with Gasteiger partial charge >= 0.3 is 0 Å². The molecule has 0 aromatic carbocycles. The second kappa shape index (κ2) is 8.14. The van der Waals surface area contributed by atoms with Gasteiger partial charge in [-0.1, -0.05) is 0 Å². The quantitative estimate of drug-likeness (QED) is 0.592. The van der Waals surface area contributed by atoms with Crippen LogP contribution in [0.3, 0.4) is 0 Å². The number of nitrogens with one attached hydrogen (secondary N) is 3. The zero-order valence-electron chi connectivity index (χ0n) is 17.0. The Labute approximate surface area is 170 Å². The fraction of sp³-hybridized carbons (Fsp3) is 0.550. The summed E-state index contributed by atoms with van der Waals surface area (Å²) in [5.74, 6) is 0.520. The van der Waals surface area contributed by atoms with Crippen molar-refractivity contribution in [3.8, 4) is 10.6 Å². The highest BCUT2D eigenvalue weighted by Crippen LogP contribution is 2.31. The van der Waals surface area contributed by atoms with E-state index in [4.69, 9.17) is 5.73 Å². The minimum Gasteiger partial charge on any atom is -0.351 e. The van der Waals surface area contributed by atoms with Crippen molar-refractivity contribution in [2.24, 2.45) is 5.73 Å². The van der Waals surface area contributed by atoms with Crippen molar-refractivity contribution in [2.45, 2.75) is 57.7 Å². The summed E-state index contributed by atoms with van der Waals surface area (Å²) in [4.78, 5) is 22.8. The second-order valence-electron chi connectivity index (χ2n) is 8.62. The first-order chi connectivity index (χ1) is 13.2. The van der Waals surface area contributed by atoms with Crippen LogP contribution in [0.15, 0.2) is 24.4 Å². The highest BCUT2D eigenvalue weighted by atomic mass is 32.1. The molecule has 0 spiro atoms. The largest absolute Gasteiger partial charge is 0.351 e. The van der Waals surface area contributed by atoms with Crippen molar-refractivity contribution >= 4 is 23.2 Å². The molecule has 3 rings (SSSR count). The summed E-state index contributed by atoms with van der Waals surface area (Å²) in [6.45, 7) is 9.79. The number of thiophene rings is 1. The molecule has 0 radical (unpaired) electrons. The highest BCUT2D eigenvalue weighted by Gasteiger charge is 2.37. The second-order valence-corrected chi connectivity index (χ2v) is 9.70. The molecule has 0 bridgehead atoms. The number of hydrogen-bond acceptors (Lipinski definition) is 7. The number of carbonyl (C=O) groups is 1. The SMILES string of the molecule is CC1(C)CC(Nc2nccc(-c3ccc(C(=O)NCCN)s3)n2)CC(C)(C)N1. The Morgan fingerprint density at radius 3 is 2.64 bits per heavy atom. The Bertz CT molecular complexity index is 816. The first kappa shape index (κ1) is 20.7. The van der Waals surface area contributed by atoms with Crippen LogP contribution < -0.4 is 21.7 Å². The van der Waals surface area contributed by atoms with Gasteiger partial charge in [0.2, 0.25) is 5.95 Å². The van der Waals surface area contributed by atoms with Crippen molar-refractivity contribution in [3.63, 3.8) is 0 Å². The summed E-state index contributed by atoms with van der Waals surface area (Å²) in [5, 5.41) is 9.99. The van der Waals surface area contributed by atoms with Gasteiger partial charge < -0.3 is 21.7 Å². The molecule has 1 fully saturated rings. The molecule has 2 aromatic heterocycles. The van der Waals surface area contributed by atoms with Crippen LogP contribution in [-0.4, -0.2) is 46.1 Å². The van der Waals surface area contributed by atoms with Crippen molar-refractivity contribution in [1.29, 1.82) is 0 Å². The van der Waals surface area contributed by atoms with E-state index in [1.54, 1.807) is 6.20 Å². The van der Waals surface area contributed by atoms with E-state index in [9.17, 15) is 4.79 Å². The minimum absolute atomic E-state index is 0.0522. The third kappa shape index (κ3) is 5.27. The van der Waals surface area contributed by atoms with E-state index >= 15 is 0 Å². The van der Waals surface area contributed by atoms with E-state index in [-0.39, 0.29) is 17.0 Å². The molecule has 7 nitrogen and oxygen atoms in total. The van der Waals surface area contributed by atoms with Gasteiger partial charge in [-0.15, -0.1) is 11.3 Å². The fourth-order valence-corrected chi connectivity index (χ4v) is 4.93. The highest BCUT2D eigenvalue weighted by molar-refractivity contribution is 7.17. The van der Waals surface area contributed by atoms with Gasteiger partial charge in [0.15, 0.2) is 0 Å². The molecule has 1 aliphatic heterocycles. The lowest BCUT2D eigenvalue weighted by molar-refractivity contribution is 0.0958. The molecule has 0 unspecified atom stereocenters. The molecule has 152 valence electrons. The van der Waals surface area contributed by atoms with Gasteiger partial charge in [-0.25, -0.2) is 9.97 Å². The van der Waals surface area contributed by atoms with E-state index in [0.29, 0.717) is 30.0 Å². The topological polar surface area (TPSA) is 105 Å². The molecule has 0 saturated carbocycles. The number of hydrogen-bond donors (Lipinski definition) is 4. The van der Waals surface area contributed by atoms with Crippen molar-refractivity contribution in [2.75, 3.05) is 18.4 Å². The molecule has 0 aliphatic carbocycles. The Morgan fingerprint density at radius 2 is 1.96 bits per heavy atom. The van der Waals surface area contributed by atoms with E-state index < -0.39 is 0 Å². The van der Waals surface area contributed by atoms with Gasteiger partial charge in [0.1, 0.15) is 0 Å². The molecule has 8 heteroatoms. The van der Waals surface area contributed by atoms with Crippen LogP contribution in [0.25, 0.3) is 10.6 Å². The summed E-state index contributed by atoms with van der Waals surface area (Å²) in [6, 6.07) is 5.90. The van der Waals surface area contributed by atoms with Gasteiger partial charge in [-0.2, -0.15) is 0 Å². The molecule has 28 heavy (non-hydrogen) atoms. The molecule has 1 aliphatic rings. The maximum atomic E-state index is 12.1. The number of carbonyl (C=O) groups excluding carboxylic acids is 1. The Balaban J connectivity index is 1.73. The zero-order chi connectivity index (χ0) is 20.4. The van der Waals surface area contributed by atoms with Gasteiger partial charge in [-0.05, 0) is 58.7 Å². The lowest BCUT2D eigenvalue weighted by Crippen LogP contribution is -2.60. The molecule has 1 amide bonds. The van der Waals surface area contributed by atoms with Crippen LogP contribution in [-0.2, 0) is 0 Å². The van der Waals surface area contributed by atoms with Gasteiger partial charge in [0, 0.05) is 36.4 Å². The van der Waals surface area contributed by atoms with Gasteiger partial charge in [0.25, 0.3) is 5.91 Å². The Morgan fingerprint density at radius 1 is 1.25 bits per heavy atom. The average molecular weight is 403 g/mol. The van der Waals surface area contributed by atoms with Gasteiger partial charge in [0.05, 0.1) is 15.4 Å². The monoisotopic (exact) mass is 402 g/mol. The first-order valence-corrected chi connectivity index (χ1v) is 10.5. The lowest BCUT2D eigenvalue weighted by atomic mass is 9.80. The smallest absolute Gasteiger partial charge is 0.261 e. The number of aromatic nitrogens is 2. The predicted octanol–water partition coefficient (Wildman–Crippen LogP) is 2.61. The van der Waals surface area contributed by atoms with Crippen LogP contribution >= 0.6 is 11.3 Å². The number of nitrogens with zero attached hydrogens (tertiary/aromatic N) is 2. The van der Waals surface area contributed by atoms with E-state index in [1.165, 1.54) is 11.3 Å². The zero-order valence-corrected chi connectivity index (χ0v) is 17.8. The van der Waals surface area contributed by atoms with Crippen LogP contribution in [0.2, 0.25) is 0 Å². The fourth-order valence-electron chi connectivity index (χ4n) is 4.04. The number of rotatable bonds is 6. The van der Waals surface area contributed by atoms with E-state index in [2.05, 4.69) is 53.6 Å². The number of anilines is 1. The van der Waals surface area contributed by atoms with Crippen molar-refractivity contribution in [1.82, 2.24) is 20.6 Å². The van der Waals surface area contributed by atoms with Crippen LogP contribution in [0.1, 0.15) is 50.2 Å². The number of amides is 1. The van der Waals surface area contributed by atoms with Crippen LogP contribution in [0, 0.1) is 0 Å². The third-order valence-electron chi connectivity index (χ3n) is 4.69. The van der Waals surface area contributed by atoms with Crippen LogP contribution in [0.4, 0.5) is 5.95 Å². The summed E-state index contributed by atoms with van der Waals surface area (Å²) in [7, 11) is 0. The number of nitrogens with two attached hydrogens (primary N) is 1. The molecular formula is C20H30N6OS. The third-order valence-corrected chi connectivity index (χ3v) is 5.80. The standard InChI is InChI=1S/C20H30N6OS/c1-19(2)11-13(12-20(3,4)26-19)24-18-23-9-7-14(25-18)15-5-6-16(28-15)17(27)22-10-8-21/h5-7,9,13,26H,8,10-12,21H2,1-4H3,(H,22,27)(H,23,24,25). The summed E-state index contributed by atoms with van der Waals surface area (Å²) in [5.41, 5.74) is 6.36. The molecule has 2 aromatic rings. The predicted molar refractivity (Wildman–Crippen MR) is 115 cm³/mol. The first-order valence-electron chi connectivity index (χ1n) is 9.65. The Kier molecular flexibility index (Phi) is 6.02. The molecule has 5 N–H and O–H groups in total. The Hall–Kier alpha value is -2.03. The summed E-state index contributed by atoms with van der Waals surface area (Å²) < 4.78 is 0. The molecule has 0 atom stereocenters. The minimum atomic E-state index is -0.103. The van der Waals surface area contributed by atoms with E-state index in [0.717, 1.165) is 23.4 Å². The number of piperidine rings is 1. The van der Waals surface area contributed by atoms with Gasteiger partial charge in [-0.3, -0.25) is 4.79 Å². The maximum absolute atomic E-state index is 12.1. The summed E-state index contributed by atoms with van der Waals surface area (Å²) in [6.07, 6.45) is 3.75. The van der Waals surface area contributed by atoms with E-state index in [1.807, 2.05) is 18.2 Å². The molecule has 1 saturated heterocycles. The van der Waals surface area contributed by atoms with Crippen LogP contribution in [0.5, 0.6) is 0 Å². The maximum Gasteiger partial charge on any atom is 0.261 e. The van der Waals surface area contributed by atoms with Crippen molar-refractivity contribution < 1.29 is 4.79 Å². The average Bonchev–Trinajstić information content (AvgIpc) is 3.07. The molecule has 3 heterocycles. The van der Waals surface area contributed by atoms with Crippen molar-refractivity contribution in [3.05, 3.63) is 29.3 Å². The normalized spacial score (nSPS) is 18.6. The molecular weight excluding hydrogens is 372 g/mol. The lowest BCUT2D eigenvalue weighted by Gasteiger charge is -2.46.